The van der Waals surface area contributed by atoms with Crippen molar-refractivity contribution >= 4 is 27.6 Å². The van der Waals surface area contributed by atoms with E-state index in [1.807, 2.05) is 0 Å². The van der Waals surface area contributed by atoms with Gasteiger partial charge in [-0.1, -0.05) is 13.8 Å². The molecule has 4 heteroatoms. The summed E-state index contributed by atoms with van der Waals surface area (Å²) in [6.07, 6.45) is 0. The molecule has 1 aromatic carbocycles. The monoisotopic (exact) mass is 271 g/mol. The molecule has 2 N–H and O–H groups in total. The Morgan fingerprint density at radius 3 is 2.73 bits per heavy atom. The van der Waals surface area contributed by atoms with Crippen LogP contribution in [-0.4, -0.2) is 17.6 Å². The van der Waals surface area contributed by atoms with Gasteiger partial charge in [0.2, 0.25) is 0 Å². The van der Waals surface area contributed by atoms with E-state index in [0.717, 1.165) is 16.7 Å². The molecular weight excluding hydrogens is 258 g/mol. The normalized spacial score (nSPS) is 10.4. The summed E-state index contributed by atoms with van der Waals surface area (Å²) < 4.78 is 0.883. The molecule has 3 nitrogen and oxygen atoms in total. The largest absolute Gasteiger partial charge is 0.478 e. The summed E-state index contributed by atoms with van der Waals surface area (Å²) in [5.74, 6) is -0.388. The zero-order valence-corrected chi connectivity index (χ0v) is 10.3. The van der Waals surface area contributed by atoms with Gasteiger partial charge in [0.1, 0.15) is 0 Å². The zero-order chi connectivity index (χ0) is 11.4. The van der Waals surface area contributed by atoms with Crippen molar-refractivity contribution in [1.82, 2.24) is 0 Å². The van der Waals surface area contributed by atoms with Crippen molar-refractivity contribution in [3.8, 4) is 0 Å². The van der Waals surface area contributed by atoms with Crippen LogP contribution in [0.25, 0.3) is 0 Å². The van der Waals surface area contributed by atoms with Crippen molar-refractivity contribution in [2.24, 2.45) is 5.92 Å². The summed E-state index contributed by atoms with van der Waals surface area (Å²) in [6.45, 7) is 5.02. The molecule has 0 aliphatic heterocycles. The fourth-order valence-electron chi connectivity index (χ4n) is 1.11. The highest BCUT2D eigenvalue weighted by atomic mass is 79.9. The minimum absolute atomic E-state index is 0.296. The van der Waals surface area contributed by atoms with Crippen LogP contribution in [0.1, 0.15) is 24.2 Å². The third-order valence-corrected chi connectivity index (χ3v) is 2.61. The smallest absolute Gasteiger partial charge is 0.335 e. The molecule has 0 spiro atoms. The summed E-state index contributed by atoms with van der Waals surface area (Å²) in [4.78, 5) is 10.8. The Labute approximate surface area is 97.6 Å². The zero-order valence-electron chi connectivity index (χ0n) is 8.75. The van der Waals surface area contributed by atoms with Crippen molar-refractivity contribution < 1.29 is 9.90 Å². The van der Waals surface area contributed by atoms with Gasteiger partial charge >= 0.3 is 5.97 Å². The van der Waals surface area contributed by atoms with E-state index in [2.05, 4.69) is 35.1 Å². The van der Waals surface area contributed by atoms with E-state index in [1.54, 1.807) is 18.2 Å². The molecule has 15 heavy (non-hydrogen) atoms. The van der Waals surface area contributed by atoms with Gasteiger partial charge < -0.3 is 10.4 Å². The van der Waals surface area contributed by atoms with Crippen LogP contribution in [0.2, 0.25) is 0 Å². The van der Waals surface area contributed by atoms with Crippen molar-refractivity contribution in [3.05, 3.63) is 28.2 Å². The Morgan fingerprint density at radius 1 is 1.53 bits per heavy atom. The summed E-state index contributed by atoms with van der Waals surface area (Å²) in [6, 6.07) is 4.95. The van der Waals surface area contributed by atoms with E-state index in [0.29, 0.717) is 11.5 Å². The number of rotatable bonds is 4. The maximum Gasteiger partial charge on any atom is 0.335 e. The number of nitrogens with one attached hydrogen (secondary N) is 1. The maximum atomic E-state index is 10.8. The topological polar surface area (TPSA) is 49.3 Å². The van der Waals surface area contributed by atoms with Gasteiger partial charge in [0, 0.05) is 16.7 Å². The third kappa shape index (κ3) is 3.55. The molecule has 0 unspecified atom stereocenters. The van der Waals surface area contributed by atoms with Crippen LogP contribution in [0.4, 0.5) is 5.69 Å². The average molecular weight is 272 g/mol. The number of hydrogen-bond acceptors (Lipinski definition) is 2. The number of benzene rings is 1. The summed E-state index contributed by atoms with van der Waals surface area (Å²) in [7, 11) is 0. The van der Waals surface area contributed by atoms with Gasteiger partial charge in [-0.3, -0.25) is 0 Å². The van der Waals surface area contributed by atoms with E-state index in [-0.39, 0.29) is 0 Å². The van der Waals surface area contributed by atoms with Crippen LogP contribution in [-0.2, 0) is 0 Å². The van der Waals surface area contributed by atoms with Gasteiger partial charge in [-0.25, -0.2) is 4.79 Å². The Hall–Kier alpha value is -1.03. The van der Waals surface area contributed by atoms with Gasteiger partial charge in [-0.15, -0.1) is 0 Å². The number of anilines is 1. The molecule has 0 fully saturated rings. The van der Waals surface area contributed by atoms with Gasteiger partial charge in [-0.05, 0) is 40.0 Å². The molecule has 0 aliphatic rings. The number of carboxylic acids is 1. The standard InChI is InChI=1S/C11H14BrNO2/c1-7(2)6-13-10-5-8(11(14)15)3-4-9(10)12/h3-5,7,13H,6H2,1-2H3,(H,14,15). The summed E-state index contributed by atoms with van der Waals surface area (Å²) in [5.41, 5.74) is 1.12. The van der Waals surface area contributed by atoms with Crippen molar-refractivity contribution in [1.29, 1.82) is 0 Å². The van der Waals surface area contributed by atoms with Gasteiger partial charge in [0.25, 0.3) is 0 Å². The fraction of sp³-hybridized carbons (Fsp3) is 0.364. The van der Waals surface area contributed by atoms with Gasteiger partial charge in [0.05, 0.1) is 5.56 Å². The lowest BCUT2D eigenvalue weighted by Gasteiger charge is -2.11. The Morgan fingerprint density at radius 2 is 2.20 bits per heavy atom. The molecule has 0 saturated carbocycles. The molecule has 0 aliphatic carbocycles. The van der Waals surface area contributed by atoms with Crippen molar-refractivity contribution in [2.45, 2.75) is 13.8 Å². The number of carboxylic acid groups (broad SMARTS) is 1. The van der Waals surface area contributed by atoms with Crippen molar-refractivity contribution in [3.63, 3.8) is 0 Å². The molecule has 1 aromatic rings. The van der Waals surface area contributed by atoms with Crippen LogP contribution >= 0.6 is 15.9 Å². The SMILES string of the molecule is CC(C)CNc1cc(C(=O)O)ccc1Br. The predicted octanol–water partition coefficient (Wildman–Crippen LogP) is 3.22. The lowest BCUT2D eigenvalue weighted by atomic mass is 10.2. The quantitative estimate of drug-likeness (QED) is 0.884. The minimum Gasteiger partial charge on any atom is -0.478 e. The van der Waals surface area contributed by atoms with Gasteiger partial charge in [0.15, 0.2) is 0 Å². The molecule has 82 valence electrons. The van der Waals surface area contributed by atoms with Crippen LogP contribution in [0.3, 0.4) is 0 Å². The van der Waals surface area contributed by atoms with E-state index in [9.17, 15) is 4.79 Å². The first-order valence-corrected chi connectivity index (χ1v) is 5.56. The molecular formula is C11H14BrNO2. The third-order valence-electron chi connectivity index (χ3n) is 1.91. The van der Waals surface area contributed by atoms with Crippen LogP contribution in [0, 0.1) is 5.92 Å². The van der Waals surface area contributed by atoms with E-state index in [1.165, 1.54) is 0 Å². The molecule has 0 bridgehead atoms. The minimum atomic E-state index is -0.907. The molecule has 0 atom stereocenters. The lowest BCUT2D eigenvalue weighted by molar-refractivity contribution is 0.0697. The van der Waals surface area contributed by atoms with E-state index in [4.69, 9.17) is 5.11 Å². The molecule has 0 radical (unpaired) electrons. The second kappa shape index (κ2) is 5.16. The second-order valence-electron chi connectivity index (χ2n) is 3.77. The summed E-state index contributed by atoms with van der Waals surface area (Å²) >= 11 is 3.37. The van der Waals surface area contributed by atoms with E-state index >= 15 is 0 Å². The number of aromatic carboxylic acids is 1. The number of carbonyl (C=O) groups is 1. The highest BCUT2D eigenvalue weighted by molar-refractivity contribution is 9.10. The Bertz CT molecular complexity index is 364. The molecule has 0 aromatic heterocycles. The molecule has 1 rings (SSSR count). The summed E-state index contributed by atoms with van der Waals surface area (Å²) in [5, 5.41) is 12.0. The van der Waals surface area contributed by atoms with Crippen LogP contribution in [0.15, 0.2) is 22.7 Å². The Kier molecular flexibility index (Phi) is 4.15. The first kappa shape index (κ1) is 12.0. The number of hydrogen-bond donors (Lipinski definition) is 2. The van der Waals surface area contributed by atoms with Crippen LogP contribution < -0.4 is 5.32 Å². The molecule has 0 amide bonds. The predicted molar refractivity (Wildman–Crippen MR) is 64.4 cm³/mol. The first-order valence-electron chi connectivity index (χ1n) is 4.77. The number of halogens is 1. The maximum absolute atomic E-state index is 10.8. The fourth-order valence-corrected chi connectivity index (χ4v) is 1.49. The highest BCUT2D eigenvalue weighted by Crippen LogP contribution is 2.23. The second-order valence-corrected chi connectivity index (χ2v) is 4.63. The molecule has 0 saturated heterocycles. The van der Waals surface area contributed by atoms with Gasteiger partial charge in [-0.2, -0.15) is 0 Å². The van der Waals surface area contributed by atoms with Crippen molar-refractivity contribution in [2.75, 3.05) is 11.9 Å². The molecule has 0 heterocycles. The van der Waals surface area contributed by atoms with Crippen LogP contribution in [0.5, 0.6) is 0 Å². The Balaban J connectivity index is 2.85. The average Bonchev–Trinajstić information content (AvgIpc) is 2.16. The van der Waals surface area contributed by atoms with E-state index < -0.39 is 5.97 Å². The lowest BCUT2D eigenvalue weighted by Crippen LogP contribution is -2.09. The highest BCUT2D eigenvalue weighted by Gasteiger charge is 2.06. The first-order chi connectivity index (χ1) is 7.00.